The Morgan fingerprint density at radius 3 is 2.57 bits per heavy atom. The minimum Gasteiger partial charge on any atom is -0.465 e. The third-order valence-corrected chi connectivity index (χ3v) is 3.01. The quantitative estimate of drug-likeness (QED) is 0.479. The molecule has 0 spiro atoms. The van der Waals surface area contributed by atoms with Gasteiger partial charge >= 0.3 is 12.1 Å². The van der Waals surface area contributed by atoms with E-state index >= 15 is 0 Å². The Balaban J connectivity index is 2.60. The summed E-state index contributed by atoms with van der Waals surface area (Å²) in [4.78, 5) is 11.6. The highest BCUT2D eigenvalue weighted by Gasteiger charge is 2.25. The minimum absolute atomic E-state index is 0.0638. The van der Waals surface area contributed by atoms with E-state index in [1.807, 2.05) is 0 Å². The van der Waals surface area contributed by atoms with Crippen LogP contribution in [0, 0.1) is 6.92 Å². The van der Waals surface area contributed by atoms with Gasteiger partial charge in [0.05, 0.1) is 12.7 Å². The van der Waals surface area contributed by atoms with Crippen LogP contribution < -0.4 is 11.1 Å². The average Bonchev–Trinajstić information content (AvgIpc) is 2.40. The van der Waals surface area contributed by atoms with Gasteiger partial charge in [-0.15, -0.1) is 0 Å². The molecule has 0 radical (unpaired) electrons. The van der Waals surface area contributed by atoms with Gasteiger partial charge in [0.2, 0.25) is 0 Å². The van der Waals surface area contributed by atoms with Gasteiger partial charge in [0.15, 0.2) is 0 Å². The van der Waals surface area contributed by atoms with Crippen LogP contribution in [0.2, 0.25) is 0 Å². The largest absolute Gasteiger partial charge is 0.465 e. The Morgan fingerprint density at radius 1 is 1.33 bits per heavy atom. The number of methoxy groups -OCH3 is 1. The fourth-order valence-electron chi connectivity index (χ4n) is 1.86. The van der Waals surface area contributed by atoms with Crippen molar-refractivity contribution in [2.75, 3.05) is 24.7 Å². The van der Waals surface area contributed by atoms with Crippen molar-refractivity contribution in [3.63, 3.8) is 0 Å². The molecule has 1 aromatic carbocycles. The lowest BCUT2D eigenvalue weighted by molar-refractivity contribution is -0.135. The third kappa shape index (κ3) is 5.53. The van der Waals surface area contributed by atoms with E-state index in [0.717, 1.165) is 0 Å². The topological polar surface area (TPSA) is 64.3 Å². The second-order valence-electron chi connectivity index (χ2n) is 4.75. The summed E-state index contributed by atoms with van der Waals surface area (Å²) in [6, 6.07) is 3.28. The van der Waals surface area contributed by atoms with Crippen LogP contribution in [0.5, 0.6) is 0 Å². The van der Waals surface area contributed by atoms with Crippen LogP contribution in [0.1, 0.15) is 35.2 Å². The molecule has 0 aliphatic carbocycles. The predicted molar refractivity (Wildman–Crippen MR) is 75.3 cm³/mol. The summed E-state index contributed by atoms with van der Waals surface area (Å²) in [6.07, 6.45) is -4.45. The van der Waals surface area contributed by atoms with Gasteiger partial charge in [-0.25, -0.2) is 4.79 Å². The maximum absolute atomic E-state index is 12.0. The van der Waals surface area contributed by atoms with E-state index in [0.29, 0.717) is 29.9 Å². The summed E-state index contributed by atoms with van der Waals surface area (Å²) in [5, 5.41) is 2.99. The van der Waals surface area contributed by atoms with Crippen molar-refractivity contribution in [1.82, 2.24) is 0 Å². The predicted octanol–water partition coefficient (Wildman–Crippen LogP) is 3.51. The smallest absolute Gasteiger partial charge is 0.389 e. The molecule has 0 saturated carbocycles. The first-order chi connectivity index (χ1) is 9.74. The van der Waals surface area contributed by atoms with Crippen molar-refractivity contribution in [1.29, 1.82) is 0 Å². The maximum atomic E-state index is 12.0. The van der Waals surface area contributed by atoms with E-state index in [-0.39, 0.29) is 12.0 Å². The molecule has 0 fully saturated rings. The molecule has 7 heteroatoms. The van der Waals surface area contributed by atoms with Gasteiger partial charge in [0.25, 0.3) is 0 Å². The Morgan fingerprint density at radius 2 is 2.00 bits per heavy atom. The number of alkyl halides is 3. The SMILES string of the molecule is COC(=O)c1cc(NCCCCC(F)(F)F)cc(C)c1N. The summed E-state index contributed by atoms with van der Waals surface area (Å²) >= 11 is 0. The van der Waals surface area contributed by atoms with Gasteiger partial charge in [-0.3, -0.25) is 0 Å². The Bertz CT molecular complexity index is 502. The van der Waals surface area contributed by atoms with E-state index < -0.39 is 18.6 Å². The van der Waals surface area contributed by atoms with Gasteiger partial charge in [-0.2, -0.15) is 13.2 Å². The van der Waals surface area contributed by atoms with Crippen LogP contribution in [-0.2, 0) is 4.74 Å². The fraction of sp³-hybridized carbons (Fsp3) is 0.500. The third-order valence-electron chi connectivity index (χ3n) is 3.01. The van der Waals surface area contributed by atoms with Crippen molar-refractivity contribution in [3.8, 4) is 0 Å². The van der Waals surface area contributed by atoms with Crippen LogP contribution in [0.25, 0.3) is 0 Å². The van der Waals surface area contributed by atoms with Crippen LogP contribution in [0.4, 0.5) is 24.5 Å². The number of hydrogen-bond acceptors (Lipinski definition) is 4. The van der Waals surface area contributed by atoms with Crippen molar-refractivity contribution in [2.24, 2.45) is 0 Å². The molecule has 0 bridgehead atoms. The molecule has 0 aliphatic heterocycles. The zero-order valence-corrected chi connectivity index (χ0v) is 12.0. The number of ether oxygens (including phenoxy) is 1. The number of aryl methyl sites for hydroxylation is 1. The molecule has 0 amide bonds. The highest BCUT2D eigenvalue weighted by Crippen LogP contribution is 2.24. The number of nitrogens with one attached hydrogen (secondary N) is 1. The van der Waals surface area contributed by atoms with Crippen LogP contribution in [0.3, 0.4) is 0 Å². The molecule has 0 atom stereocenters. The summed E-state index contributed by atoms with van der Waals surface area (Å²) in [5.74, 6) is -0.545. The molecule has 0 aliphatic rings. The van der Waals surface area contributed by atoms with Crippen molar-refractivity contribution < 1.29 is 22.7 Å². The molecule has 1 aromatic rings. The first-order valence-electron chi connectivity index (χ1n) is 6.53. The van der Waals surface area contributed by atoms with E-state index in [4.69, 9.17) is 5.73 Å². The molecule has 1 rings (SSSR count). The van der Waals surface area contributed by atoms with Gasteiger partial charge < -0.3 is 15.8 Å². The molecule has 0 aromatic heterocycles. The molecule has 21 heavy (non-hydrogen) atoms. The fourth-order valence-corrected chi connectivity index (χ4v) is 1.86. The molecule has 3 N–H and O–H groups in total. The molecule has 0 heterocycles. The number of nitrogens with two attached hydrogens (primary N) is 1. The summed E-state index contributed by atoms with van der Waals surface area (Å²) < 4.78 is 40.6. The van der Waals surface area contributed by atoms with Gasteiger partial charge in [-0.05, 0) is 37.5 Å². The normalized spacial score (nSPS) is 11.3. The minimum atomic E-state index is -4.12. The molecule has 0 unspecified atom stereocenters. The van der Waals surface area contributed by atoms with Crippen molar-refractivity contribution >= 4 is 17.3 Å². The zero-order chi connectivity index (χ0) is 16.0. The number of carbonyl (C=O) groups is 1. The number of carbonyl (C=O) groups excluding carboxylic acids is 1. The Kier molecular flexibility index (Phi) is 5.87. The number of nitrogen functional groups attached to an aromatic ring is 1. The van der Waals surface area contributed by atoms with E-state index in [9.17, 15) is 18.0 Å². The van der Waals surface area contributed by atoms with Gasteiger partial charge in [0, 0.05) is 24.3 Å². The van der Waals surface area contributed by atoms with E-state index in [1.54, 1.807) is 13.0 Å². The van der Waals surface area contributed by atoms with Gasteiger partial charge in [0.1, 0.15) is 0 Å². The van der Waals surface area contributed by atoms with Gasteiger partial charge in [-0.1, -0.05) is 0 Å². The Labute approximate surface area is 121 Å². The molecular formula is C14H19F3N2O2. The van der Waals surface area contributed by atoms with Crippen molar-refractivity contribution in [2.45, 2.75) is 32.4 Å². The summed E-state index contributed by atoms with van der Waals surface area (Å²) in [5.41, 5.74) is 7.72. The standard InChI is InChI=1S/C14H19F3N2O2/c1-9-7-10(8-11(12(9)18)13(20)21-2)19-6-4-3-5-14(15,16)17/h7-8,19H,3-6,18H2,1-2H3. The zero-order valence-electron chi connectivity index (χ0n) is 12.0. The highest BCUT2D eigenvalue weighted by atomic mass is 19.4. The lowest BCUT2D eigenvalue weighted by Gasteiger charge is -2.12. The lowest BCUT2D eigenvalue weighted by atomic mass is 10.1. The van der Waals surface area contributed by atoms with E-state index in [2.05, 4.69) is 10.1 Å². The Hall–Kier alpha value is -1.92. The number of anilines is 2. The summed E-state index contributed by atoms with van der Waals surface area (Å²) in [7, 11) is 1.26. The number of unbranched alkanes of at least 4 members (excludes halogenated alkanes) is 1. The molecule has 0 saturated heterocycles. The second-order valence-corrected chi connectivity index (χ2v) is 4.75. The monoisotopic (exact) mass is 304 g/mol. The molecule has 4 nitrogen and oxygen atoms in total. The maximum Gasteiger partial charge on any atom is 0.389 e. The molecular weight excluding hydrogens is 285 g/mol. The number of benzene rings is 1. The second kappa shape index (κ2) is 7.19. The van der Waals surface area contributed by atoms with E-state index in [1.165, 1.54) is 13.2 Å². The first kappa shape index (κ1) is 17.1. The number of esters is 1. The highest BCUT2D eigenvalue weighted by molar-refractivity contribution is 5.97. The molecule has 118 valence electrons. The van der Waals surface area contributed by atoms with Crippen molar-refractivity contribution in [3.05, 3.63) is 23.3 Å². The first-order valence-corrected chi connectivity index (χ1v) is 6.53. The number of rotatable bonds is 6. The number of hydrogen-bond donors (Lipinski definition) is 2. The summed E-state index contributed by atoms with van der Waals surface area (Å²) in [6.45, 7) is 2.14. The van der Waals surface area contributed by atoms with Crippen LogP contribution in [-0.4, -0.2) is 25.8 Å². The van der Waals surface area contributed by atoms with Crippen LogP contribution >= 0.6 is 0 Å². The van der Waals surface area contributed by atoms with Crippen LogP contribution in [0.15, 0.2) is 12.1 Å². The lowest BCUT2D eigenvalue weighted by Crippen LogP contribution is -2.11. The average molecular weight is 304 g/mol. The number of halogens is 3.